The van der Waals surface area contributed by atoms with Crippen molar-refractivity contribution in [1.82, 2.24) is 0 Å². The summed E-state index contributed by atoms with van der Waals surface area (Å²) in [4.78, 5) is 22.7. The number of hydrogen-bond acceptors (Lipinski definition) is 2. The number of aliphatic carboxylic acids is 2. The first-order chi connectivity index (χ1) is 10.9. The van der Waals surface area contributed by atoms with Gasteiger partial charge < -0.3 is 10.2 Å². The quantitative estimate of drug-likeness (QED) is 0.791. The van der Waals surface area contributed by atoms with E-state index in [1.807, 2.05) is 0 Å². The molecule has 0 aromatic heterocycles. The zero-order chi connectivity index (χ0) is 17.0. The molecule has 0 aliphatic heterocycles. The number of benzene rings is 2. The van der Waals surface area contributed by atoms with Crippen LogP contribution in [0.1, 0.15) is 17.0 Å². The van der Waals surface area contributed by atoms with Crippen LogP contribution in [0.25, 0.3) is 0 Å². The second-order valence-corrected chi connectivity index (χ2v) is 5.53. The Balaban J connectivity index is 2.75. The fourth-order valence-electron chi connectivity index (χ4n) is 2.32. The summed E-state index contributed by atoms with van der Waals surface area (Å²) < 4.78 is 0. The fraction of sp³-hybridized carbons (Fsp3) is 0.0588. The fourth-order valence-corrected chi connectivity index (χ4v) is 2.81. The van der Waals surface area contributed by atoms with Crippen molar-refractivity contribution in [2.75, 3.05) is 0 Å². The van der Waals surface area contributed by atoms with E-state index in [9.17, 15) is 14.7 Å². The third-order valence-corrected chi connectivity index (χ3v) is 3.96. The Labute approximate surface area is 142 Å². The van der Waals surface area contributed by atoms with E-state index in [4.69, 9.17) is 28.3 Å². The highest BCUT2D eigenvalue weighted by molar-refractivity contribution is 6.32. The molecule has 0 unspecified atom stereocenters. The lowest BCUT2D eigenvalue weighted by atomic mass is 9.84. The van der Waals surface area contributed by atoms with Crippen molar-refractivity contribution in [3.05, 3.63) is 81.4 Å². The normalized spacial score (nSPS) is 11.5. The van der Waals surface area contributed by atoms with Gasteiger partial charge in [-0.05, 0) is 23.3 Å². The Morgan fingerprint density at radius 2 is 1.30 bits per heavy atom. The highest BCUT2D eigenvalue weighted by Crippen LogP contribution is 2.39. The minimum Gasteiger partial charge on any atom is -0.478 e. The highest BCUT2D eigenvalue weighted by Gasteiger charge is 2.28. The molecule has 0 heterocycles. The minimum absolute atomic E-state index is 0.321. The second-order valence-electron chi connectivity index (χ2n) is 4.72. The second kappa shape index (κ2) is 7.31. The van der Waals surface area contributed by atoms with Gasteiger partial charge >= 0.3 is 11.9 Å². The molecular weight excluding hydrogens is 339 g/mol. The molecule has 118 valence electrons. The van der Waals surface area contributed by atoms with Crippen molar-refractivity contribution >= 4 is 35.1 Å². The summed E-state index contributed by atoms with van der Waals surface area (Å²) in [5, 5.41) is 19.1. The highest BCUT2D eigenvalue weighted by atomic mass is 35.5. The smallest absolute Gasteiger partial charge is 0.332 e. The van der Waals surface area contributed by atoms with Gasteiger partial charge in [0.05, 0.1) is 5.57 Å². The Morgan fingerprint density at radius 3 is 1.65 bits per heavy atom. The van der Waals surface area contributed by atoms with E-state index in [1.165, 1.54) is 0 Å². The molecule has 0 atom stereocenters. The zero-order valence-corrected chi connectivity index (χ0v) is 13.3. The number of halogens is 2. The van der Waals surface area contributed by atoms with Crippen LogP contribution in [0.2, 0.25) is 10.0 Å². The summed E-state index contributed by atoms with van der Waals surface area (Å²) in [6, 6.07) is 13.3. The van der Waals surface area contributed by atoms with Gasteiger partial charge in [0, 0.05) is 22.0 Å². The van der Waals surface area contributed by atoms with Crippen LogP contribution in [-0.4, -0.2) is 22.2 Å². The molecule has 0 spiro atoms. The molecule has 6 heteroatoms. The van der Waals surface area contributed by atoms with Crippen LogP contribution in [0.5, 0.6) is 0 Å². The Hall–Kier alpha value is -2.30. The van der Waals surface area contributed by atoms with E-state index in [0.717, 1.165) is 0 Å². The van der Waals surface area contributed by atoms with Crippen LogP contribution in [0.3, 0.4) is 0 Å². The molecule has 0 fully saturated rings. The van der Waals surface area contributed by atoms with E-state index in [0.29, 0.717) is 27.2 Å². The summed E-state index contributed by atoms with van der Waals surface area (Å²) >= 11 is 12.4. The van der Waals surface area contributed by atoms with Crippen LogP contribution >= 0.6 is 23.2 Å². The van der Waals surface area contributed by atoms with E-state index < -0.39 is 17.9 Å². The SMILES string of the molecule is O=C(O)/C=C(\C(=O)O)C(c1ccccc1Cl)c1ccccc1Cl. The number of rotatable bonds is 5. The predicted octanol–water partition coefficient (Wildman–Crippen LogP) is 4.22. The molecule has 0 amide bonds. The van der Waals surface area contributed by atoms with Crippen LogP contribution in [0, 0.1) is 0 Å². The van der Waals surface area contributed by atoms with Crippen molar-refractivity contribution in [3.63, 3.8) is 0 Å². The van der Waals surface area contributed by atoms with Crippen molar-refractivity contribution in [2.45, 2.75) is 5.92 Å². The third kappa shape index (κ3) is 3.92. The number of carboxylic acids is 2. The van der Waals surface area contributed by atoms with Gasteiger partial charge in [-0.1, -0.05) is 59.6 Å². The van der Waals surface area contributed by atoms with E-state index >= 15 is 0 Å². The lowest BCUT2D eigenvalue weighted by Gasteiger charge is -2.21. The molecule has 23 heavy (non-hydrogen) atoms. The lowest BCUT2D eigenvalue weighted by Crippen LogP contribution is -2.15. The van der Waals surface area contributed by atoms with Crippen molar-refractivity contribution in [1.29, 1.82) is 0 Å². The summed E-state index contributed by atoms with van der Waals surface area (Å²) in [5.41, 5.74) is 0.619. The Bertz CT molecular complexity index is 738. The zero-order valence-electron chi connectivity index (χ0n) is 11.7. The Morgan fingerprint density at radius 1 is 0.870 bits per heavy atom. The maximum atomic E-state index is 11.6. The first-order valence-corrected chi connectivity index (χ1v) is 7.34. The molecule has 0 aliphatic carbocycles. The number of carbonyl (C=O) groups is 2. The molecule has 2 N–H and O–H groups in total. The van der Waals surface area contributed by atoms with Gasteiger partial charge in [-0.25, -0.2) is 9.59 Å². The first-order valence-electron chi connectivity index (χ1n) is 6.58. The lowest BCUT2D eigenvalue weighted by molar-refractivity contribution is -0.135. The third-order valence-electron chi connectivity index (χ3n) is 3.27. The van der Waals surface area contributed by atoms with Crippen molar-refractivity contribution in [3.8, 4) is 0 Å². The molecule has 0 saturated heterocycles. The maximum absolute atomic E-state index is 11.6. The average Bonchev–Trinajstić information content (AvgIpc) is 2.49. The first kappa shape index (κ1) is 17.1. The van der Waals surface area contributed by atoms with Gasteiger partial charge in [-0.2, -0.15) is 0 Å². The number of hydrogen-bond donors (Lipinski definition) is 2. The average molecular weight is 351 g/mol. The van der Waals surface area contributed by atoms with Crippen molar-refractivity contribution in [2.24, 2.45) is 0 Å². The topological polar surface area (TPSA) is 74.6 Å². The molecule has 2 rings (SSSR count). The molecule has 2 aromatic carbocycles. The van der Waals surface area contributed by atoms with Gasteiger partial charge in [-0.3, -0.25) is 0 Å². The van der Waals surface area contributed by atoms with E-state index in [1.54, 1.807) is 48.5 Å². The van der Waals surface area contributed by atoms with Gasteiger partial charge in [0.2, 0.25) is 0 Å². The molecule has 4 nitrogen and oxygen atoms in total. The van der Waals surface area contributed by atoms with Crippen LogP contribution in [-0.2, 0) is 9.59 Å². The van der Waals surface area contributed by atoms with Crippen LogP contribution in [0.15, 0.2) is 60.2 Å². The van der Waals surface area contributed by atoms with E-state index in [-0.39, 0.29) is 5.57 Å². The van der Waals surface area contributed by atoms with Crippen LogP contribution < -0.4 is 0 Å². The minimum atomic E-state index is -1.36. The van der Waals surface area contributed by atoms with E-state index in [2.05, 4.69) is 0 Å². The summed E-state index contributed by atoms with van der Waals surface area (Å²) in [6.45, 7) is 0. The maximum Gasteiger partial charge on any atom is 0.332 e. The molecule has 0 aliphatic rings. The molecule has 0 saturated carbocycles. The van der Waals surface area contributed by atoms with Gasteiger partial charge in [-0.15, -0.1) is 0 Å². The van der Waals surface area contributed by atoms with Gasteiger partial charge in [0.15, 0.2) is 0 Å². The molecule has 2 aromatic rings. The van der Waals surface area contributed by atoms with Crippen molar-refractivity contribution < 1.29 is 19.8 Å². The van der Waals surface area contributed by atoms with Gasteiger partial charge in [0.1, 0.15) is 0 Å². The molecular formula is C17H12Cl2O4. The largest absolute Gasteiger partial charge is 0.478 e. The number of carboxylic acid groups (broad SMARTS) is 2. The standard InChI is InChI=1S/C17H12Cl2O4/c18-13-7-3-1-5-10(13)16(11-6-2-4-8-14(11)19)12(17(22)23)9-15(20)21/h1-9,16H,(H,20,21)(H,22,23)/b12-9-. The predicted molar refractivity (Wildman–Crippen MR) is 88.1 cm³/mol. The Kier molecular flexibility index (Phi) is 5.42. The molecule has 0 radical (unpaired) electrons. The molecule has 0 bridgehead atoms. The summed E-state index contributed by atoms with van der Waals surface area (Å²) in [7, 11) is 0. The van der Waals surface area contributed by atoms with Crippen LogP contribution in [0.4, 0.5) is 0 Å². The summed E-state index contributed by atoms with van der Waals surface area (Å²) in [6.07, 6.45) is 0.666. The summed E-state index contributed by atoms with van der Waals surface area (Å²) in [5.74, 6) is -3.60. The monoisotopic (exact) mass is 350 g/mol. The van der Waals surface area contributed by atoms with Gasteiger partial charge in [0.25, 0.3) is 0 Å².